The van der Waals surface area contributed by atoms with Crippen LogP contribution in [0, 0.1) is 0 Å². The summed E-state index contributed by atoms with van der Waals surface area (Å²) in [5.41, 5.74) is 0.167. The first-order valence-electron chi connectivity index (χ1n) is 8.13. The third kappa shape index (κ3) is 5.60. The van der Waals surface area contributed by atoms with Gasteiger partial charge in [0.05, 0.1) is 24.7 Å². The van der Waals surface area contributed by atoms with Crippen molar-refractivity contribution in [2.24, 2.45) is 0 Å². The second kappa shape index (κ2) is 9.84. The zero-order valence-electron chi connectivity index (χ0n) is 14.4. The molecule has 2 aromatic rings. The van der Waals surface area contributed by atoms with Crippen LogP contribution in [0.2, 0.25) is 0 Å². The van der Waals surface area contributed by atoms with Gasteiger partial charge in [-0.15, -0.1) is 11.8 Å². The second-order valence-electron chi connectivity index (χ2n) is 4.97. The molecule has 2 aromatic carbocycles. The van der Waals surface area contributed by atoms with Gasteiger partial charge in [-0.05, 0) is 44.2 Å². The first kappa shape index (κ1) is 19.0. The van der Waals surface area contributed by atoms with E-state index in [4.69, 9.17) is 19.3 Å². The highest BCUT2D eigenvalue weighted by atomic mass is 32.2. The van der Waals surface area contributed by atoms with E-state index < -0.39 is 5.97 Å². The van der Waals surface area contributed by atoms with Crippen LogP contribution in [0.4, 0.5) is 0 Å². The van der Waals surface area contributed by atoms with Crippen LogP contribution in [0.5, 0.6) is 17.2 Å². The molecule has 134 valence electrons. The van der Waals surface area contributed by atoms with Crippen LogP contribution in [0.3, 0.4) is 0 Å². The first-order valence-corrected chi connectivity index (χ1v) is 9.11. The van der Waals surface area contributed by atoms with Crippen molar-refractivity contribution >= 4 is 17.7 Å². The predicted molar refractivity (Wildman–Crippen MR) is 98.4 cm³/mol. The van der Waals surface area contributed by atoms with E-state index in [0.717, 1.165) is 16.4 Å². The molecule has 0 amide bonds. The molecule has 0 aliphatic carbocycles. The SMILES string of the molecule is CCOc1ccc(OCC)c(SCCOc2ccccc2C(=O)O)c1. The van der Waals surface area contributed by atoms with Gasteiger partial charge in [0.1, 0.15) is 22.8 Å². The summed E-state index contributed by atoms with van der Waals surface area (Å²) in [4.78, 5) is 12.2. The molecule has 0 unspecified atom stereocenters. The van der Waals surface area contributed by atoms with E-state index in [0.29, 0.717) is 31.3 Å². The summed E-state index contributed by atoms with van der Waals surface area (Å²) in [7, 11) is 0. The molecule has 1 N–H and O–H groups in total. The number of carbonyl (C=O) groups is 1. The van der Waals surface area contributed by atoms with Gasteiger partial charge in [0.25, 0.3) is 0 Å². The Balaban J connectivity index is 1.97. The first-order chi connectivity index (χ1) is 12.2. The second-order valence-corrected chi connectivity index (χ2v) is 6.11. The molecular formula is C19H22O5S. The molecule has 0 fully saturated rings. The molecule has 0 saturated heterocycles. The summed E-state index contributed by atoms with van der Waals surface area (Å²) in [6, 6.07) is 12.4. The van der Waals surface area contributed by atoms with Crippen LogP contribution >= 0.6 is 11.8 Å². The molecule has 0 aliphatic heterocycles. The van der Waals surface area contributed by atoms with E-state index in [1.54, 1.807) is 30.0 Å². The minimum absolute atomic E-state index is 0.167. The predicted octanol–water partition coefficient (Wildman–Crippen LogP) is 4.35. The van der Waals surface area contributed by atoms with Crippen molar-refractivity contribution < 1.29 is 24.1 Å². The standard InChI is InChI=1S/C19H22O5S/c1-3-22-14-9-10-17(23-4-2)18(13-14)25-12-11-24-16-8-6-5-7-15(16)19(20)21/h5-10,13H,3-4,11-12H2,1-2H3,(H,20,21). The van der Waals surface area contributed by atoms with Crippen molar-refractivity contribution in [1.29, 1.82) is 0 Å². The van der Waals surface area contributed by atoms with Crippen LogP contribution in [-0.4, -0.2) is 36.6 Å². The summed E-state index contributed by atoms with van der Waals surface area (Å²) in [5, 5.41) is 9.16. The number of carboxylic acid groups (broad SMARTS) is 1. The van der Waals surface area contributed by atoms with Gasteiger partial charge in [-0.1, -0.05) is 12.1 Å². The number of rotatable bonds is 10. The molecule has 0 atom stereocenters. The molecule has 0 spiro atoms. The number of hydrogen-bond donors (Lipinski definition) is 1. The Morgan fingerprint density at radius 2 is 1.76 bits per heavy atom. The molecule has 0 aromatic heterocycles. The van der Waals surface area contributed by atoms with E-state index in [2.05, 4.69) is 0 Å². The van der Waals surface area contributed by atoms with E-state index in [1.165, 1.54) is 6.07 Å². The molecule has 6 heteroatoms. The average molecular weight is 362 g/mol. The van der Waals surface area contributed by atoms with Gasteiger partial charge in [-0.3, -0.25) is 0 Å². The Labute approximate surface area is 151 Å². The highest BCUT2D eigenvalue weighted by Gasteiger charge is 2.11. The van der Waals surface area contributed by atoms with Crippen molar-refractivity contribution in [3.05, 3.63) is 48.0 Å². The van der Waals surface area contributed by atoms with Gasteiger partial charge in [0.15, 0.2) is 0 Å². The minimum atomic E-state index is -0.994. The van der Waals surface area contributed by atoms with Crippen LogP contribution < -0.4 is 14.2 Å². The fraction of sp³-hybridized carbons (Fsp3) is 0.316. The lowest BCUT2D eigenvalue weighted by Gasteiger charge is -2.13. The third-order valence-corrected chi connectivity index (χ3v) is 4.24. The Hall–Kier alpha value is -2.34. The molecule has 0 saturated carbocycles. The fourth-order valence-electron chi connectivity index (χ4n) is 2.20. The average Bonchev–Trinajstić information content (AvgIpc) is 2.61. The molecule has 0 bridgehead atoms. The van der Waals surface area contributed by atoms with E-state index in [9.17, 15) is 4.79 Å². The smallest absolute Gasteiger partial charge is 0.339 e. The lowest BCUT2D eigenvalue weighted by molar-refractivity contribution is 0.0692. The van der Waals surface area contributed by atoms with Crippen LogP contribution in [0.25, 0.3) is 0 Å². The lowest BCUT2D eigenvalue weighted by atomic mass is 10.2. The summed E-state index contributed by atoms with van der Waals surface area (Å²) in [6.07, 6.45) is 0. The topological polar surface area (TPSA) is 65.0 Å². The zero-order chi connectivity index (χ0) is 18.1. The van der Waals surface area contributed by atoms with Crippen LogP contribution in [0.1, 0.15) is 24.2 Å². The van der Waals surface area contributed by atoms with Gasteiger partial charge < -0.3 is 19.3 Å². The number of hydrogen-bond acceptors (Lipinski definition) is 5. The van der Waals surface area contributed by atoms with E-state index in [1.807, 2.05) is 32.0 Å². The molecule has 0 radical (unpaired) electrons. The number of aromatic carboxylic acids is 1. The summed E-state index contributed by atoms with van der Waals surface area (Å²) >= 11 is 1.58. The van der Waals surface area contributed by atoms with Crippen molar-refractivity contribution in [2.45, 2.75) is 18.7 Å². The monoisotopic (exact) mass is 362 g/mol. The van der Waals surface area contributed by atoms with Crippen molar-refractivity contribution in [3.63, 3.8) is 0 Å². The summed E-state index contributed by atoms with van der Waals surface area (Å²) in [6.45, 7) is 5.46. The number of ether oxygens (including phenoxy) is 3. The molecular weight excluding hydrogens is 340 g/mol. The molecule has 0 heterocycles. The maximum Gasteiger partial charge on any atom is 0.339 e. The van der Waals surface area contributed by atoms with Gasteiger partial charge in [-0.25, -0.2) is 4.79 Å². The number of carboxylic acids is 1. The largest absolute Gasteiger partial charge is 0.494 e. The van der Waals surface area contributed by atoms with Gasteiger partial charge in [-0.2, -0.15) is 0 Å². The zero-order valence-corrected chi connectivity index (χ0v) is 15.2. The summed E-state index contributed by atoms with van der Waals surface area (Å²) < 4.78 is 16.8. The highest BCUT2D eigenvalue weighted by molar-refractivity contribution is 7.99. The molecule has 25 heavy (non-hydrogen) atoms. The molecule has 0 aliphatic rings. The molecule has 2 rings (SSSR count). The minimum Gasteiger partial charge on any atom is -0.494 e. The van der Waals surface area contributed by atoms with Crippen molar-refractivity contribution in [2.75, 3.05) is 25.6 Å². The Bertz CT molecular complexity index is 702. The van der Waals surface area contributed by atoms with Crippen LogP contribution in [0.15, 0.2) is 47.4 Å². The van der Waals surface area contributed by atoms with Gasteiger partial charge in [0, 0.05) is 5.75 Å². The maximum absolute atomic E-state index is 11.2. The number of benzene rings is 2. The quantitative estimate of drug-likeness (QED) is 0.501. The fourth-order valence-corrected chi connectivity index (χ4v) is 3.06. The van der Waals surface area contributed by atoms with Gasteiger partial charge in [0.2, 0.25) is 0 Å². The van der Waals surface area contributed by atoms with Gasteiger partial charge >= 0.3 is 5.97 Å². The Kier molecular flexibility index (Phi) is 7.47. The molecule has 5 nitrogen and oxygen atoms in total. The number of thioether (sulfide) groups is 1. The van der Waals surface area contributed by atoms with Crippen LogP contribution in [-0.2, 0) is 0 Å². The van der Waals surface area contributed by atoms with Crippen molar-refractivity contribution in [3.8, 4) is 17.2 Å². The highest BCUT2D eigenvalue weighted by Crippen LogP contribution is 2.33. The lowest BCUT2D eigenvalue weighted by Crippen LogP contribution is -2.06. The maximum atomic E-state index is 11.2. The third-order valence-electron chi connectivity index (χ3n) is 3.24. The number of para-hydroxylation sites is 1. The summed E-state index contributed by atoms with van der Waals surface area (Å²) in [5.74, 6) is 1.64. The Morgan fingerprint density at radius 3 is 2.48 bits per heavy atom. The van der Waals surface area contributed by atoms with Crippen molar-refractivity contribution in [1.82, 2.24) is 0 Å². The van der Waals surface area contributed by atoms with E-state index in [-0.39, 0.29) is 5.56 Å². The van der Waals surface area contributed by atoms with E-state index >= 15 is 0 Å². The Morgan fingerprint density at radius 1 is 1.00 bits per heavy atom. The normalized spacial score (nSPS) is 10.3.